The number of hydrogen-bond donors (Lipinski definition) is 1. The highest BCUT2D eigenvalue weighted by Gasteiger charge is 2.21. The molecule has 0 radical (unpaired) electrons. The molecular formula is C26H19Cl2N3O3S2. The molecule has 0 saturated carbocycles. The van der Waals surface area contributed by atoms with Crippen LogP contribution in [0, 0.1) is 6.92 Å². The summed E-state index contributed by atoms with van der Waals surface area (Å²) < 4.78 is 29.3. The molecule has 0 unspecified atom stereocenters. The largest absolute Gasteiger partial charge is 0.273 e. The van der Waals surface area contributed by atoms with E-state index >= 15 is 0 Å². The minimum absolute atomic E-state index is 0.0311. The van der Waals surface area contributed by atoms with Crippen LogP contribution in [0.5, 0.6) is 0 Å². The fourth-order valence-electron chi connectivity index (χ4n) is 3.92. The van der Waals surface area contributed by atoms with Gasteiger partial charge in [-0.15, -0.1) is 11.3 Å². The standard InChI is InChI=1S/C26H19Cl2N3O3S2/c1-16-21-10-9-19(26(32)30-36(33,34)25-12-11-24(28)35-25)14-23(21)31(29-16)15-20-8-7-18(13-22(20)27)17-5-3-2-4-6-17/h2-14H,15H2,1H3,(H,30,32). The quantitative estimate of drug-likeness (QED) is 0.257. The molecular weight excluding hydrogens is 537 g/mol. The number of fused-ring (bicyclic) bond motifs is 1. The van der Waals surface area contributed by atoms with E-state index in [-0.39, 0.29) is 9.77 Å². The number of thiophene rings is 1. The lowest BCUT2D eigenvalue weighted by atomic mass is 10.0. The Hall–Kier alpha value is -3.17. The van der Waals surface area contributed by atoms with Gasteiger partial charge in [0.25, 0.3) is 15.9 Å². The molecule has 0 spiro atoms. The molecule has 2 aromatic heterocycles. The van der Waals surface area contributed by atoms with Gasteiger partial charge in [0.05, 0.1) is 22.1 Å². The minimum atomic E-state index is -4.03. The molecule has 0 aliphatic rings. The molecule has 0 aliphatic heterocycles. The van der Waals surface area contributed by atoms with Crippen LogP contribution in [0.3, 0.4) is 0 Å². The Morgan fingerprint density at radius 2 is 1.75 bits per heavy atom. The lowest BCUT2D eigenvalue weighted by Crippen LogP contribution is -2.30. The molecule has 6 nitrogen and oxygen atoms in total. The number of nitrogens with one attached hydrogen (secondary N) is 1. The summed E-state index contributed by atoms with van der Waals surface area (Å²) in [6.45, 7) is 2.26. The van der Waals surface area contributed by atoms with Gasteiger partial charge in [-0.05, 0) is 53.9 Å². The molecule has 2 heterocycles. The van der Waals surface area contributed by atoms with Gasteiger partial charge in [-0.1, -0.05) is 71.7 Å². The Labute approximate surface area is 222 Å². The summed E-state index contributed by atoms with van der Waals surface area (Å²) in [5.41, 5.74) is 4.63. The zero-order chi connectivity index (χ0) is 25.4. The van der Waals surface area contributed by atoms with E-state index in [9.17, 15) is 13.2 Å². The minimum Gasteiger partial charge on any atom is -0.268 e. The Balaban J connectivity index is 1.44. The predicted octanol–water partition coefficient (Wildman–Crippen LogP) is 6.55. The lowest BCUT2D eigenvalue weighted by Gasteiger charge is -2.10. The third kappa shape index (κ3) is 4.90. The predicted molar refractivity (Wildman–Crippen MR) is 144 cm³/mol. The summed E-state index contributed by atoms with van der Waals surface area (Å²) in [6, 6.07) is 23.7. The summed E-state index contributed by atoms with van der Waals surface area (Å²) in [5, 5.41) is 6.09. The number of nitrogens with zero attached hydrogens (tertiary/aromatic N) is 2. The van der Waals surface area contributed by atoms with Crippen molar-refractivity contribution >= 4 is 61.4 Å². The summed E-state index contributed by atoms with van der Waals surface area (Å²) in [5.74, 6) is -0.739. The molecule has 10 heteroatoms. The van der Waals surface area contributed by atoms with E-state index in [0.29, 0.717) is 21.4 Å². The van der Waals surface area contributed by atoms with Gasteiger partial charge >= 0.3 is 0 Å². The van der Waals surface area contributed by atoms with Crippen molar-refractivity contribution < 1.29 is 13.2 Å². The molecule has 5 rings (SSSR count). The molecule has 1 N–H and O–H groups in total. The van der Waals surface area contributed by atoms with Gasteiger partial charge in [0.1, 0.15) is 4.21 Å². The van der Waals surface area contributed by atoms with E-state index in [2.05, 4.69) is 9.82 Å². The molecule has 0 bridgehead atoms. The lowest BCUT2D eigenvalue weighted by molar-refractivity contribution is 0.0981. The van der Waals surface area contributed by atoms with E-state index in [1.165, 1.54) is 12.1 Å². The maximum absolute atomic E-state index is 12.8. The second-order valence-corrected chi connectivity index (χ2v) is 12.2. The molecule has 182 valence electrons. The van der Waals surface area contributed by atoms with Crippen LogP contribution < -0.4 is 4.72 Å². The topological polar surface area (TPSA) is 81.1 Å². The van der Waals surface area contributed by atoms with Gasteiger partial charge in [0.2, 0.25) is 0 Å². The van der Waals surface area contributed by atoms with Crippen molar-refractivity contribution in [1.29, 1.82) is 0 Å². The van der Waals surface area contributed by atoms with Gasteiger partial charge in [-0.2, -0.15) is 5.10 Å². The van der Waals surface area contributed by atoms with Crippen LogP contribution >= 0.6 is 34.5 Å². The van der Waals surface area contributed by atoms with Crippen molar-refractivity contribution in [3.05, 3.63) is 105 Å². The first-order valence-electron chi connectivity index (χ1n) is 10.8. The summed E-state index contributed by atoms with van der Waals surface area (Å²) in [7, 11) is -4.03. The van der Waals surface area contributed by atoms with Crippen LogP contribution in [0.4, 0.5) is 0 Å². The molecule has 0 aliphatic carbocycles. The third-order valence-electron chi connectivity index (χ3n) is 5.72. The van der Waals surface area contributed by atoms with Crippen LogP contribution in [0.15, 0.2) is 83.1 Å². The average Bonchev–Trinajstić information content (AvgIpc) is 3.44. The number of amides is 1. The molecule has 3 aromatic carbocycles. The number of halogens is 2. The fraction of sp³-hybridized carbons (Fsp3) is 0.0769. The molecule has 0 saturated heterocycles. The van der Waals surface area contributed by atoms with Crippen molar-refractivity contribution in [3.63, 3.8) is 0 Å². The van der Waals surface area contributed by atoms with E-state index in [1.807, 2.05) is 55.5 Å². The Morgan fingerprint density at radius 1 is 0.972 bits per heavy atom. The number of aromatic nitrogens is 2. The number of carbonyl (C=O) groups excluding carboxylic acids is 1. The number of carbonyl (C=O) groups is 1. The molecule has 36 heavy (non-hydrogen) atoms. The fourth-order valence-corrected chi connectivity index (χ4v) is 6.62. The van der Waals surface area contributed by atoms with Gasteiger partial charge in [-0.3, -0.25) is 9.48 Å². The van der Waals surface area contributed by atoms with Crippen LogP contribution in [0.25, 0.3) is 22.0 Å². The number of benzene rings is 3. The zero-order valence-electron chi connectivity index (χ0n) is 18.9. The van der Waals surface area contributed by atoms with E-state index in [1.54, 1.807) is 22.9 Å². The van der Waals surface area contributed by atoms with Crippen molar-refractivity contribution in [2.45, 2.75) is 17.7 Å². The first-order chi connectivity index (χ1) is 17.2. The van der Waals surface area contributed by atoms with Gasteiger partial charge < -0.3 is 0 Å². The first kappa shape index (κ1) is 24.5. The normalized spacial score (nSPS) is 11.6. The number of sulfonamides is 1. The van der Waals surface area contributed by atoms with Gasteiger partial charge in [0, 0.05) is 16.0 Å². The molecule has 5 aromatic rings. The first-order valence-corrected chi connectivity index (χ1v) is 13.9. The Morgan fingerprint density at radius 3 is 2.44 bits per heavy atom. The van der Waals surface area contributed by atoms with E-state index in [0.717, 1.165) is 39.1 Å². The molecule has 0 atom stereocenters. The maximum Gasteiger partial charge on any atom is 0.273 e. The van der Waals surface area contributed by atoms with Crippen LogP contribution in [-0.4, -0.2) is 24.1 Å². The van der Waals surface area contributed by atoms with E-state index in [4.69, 9.17) is 23.2 Å². The number of rotatable bonds is 6. The van der Waals surface area contributed by atoms with Gasteiger partial charge in [-0.25, -0.2) is 13.1 Å². The van der Waals surface area contributed by atoms with Crippen molar-refractivity contribution in [1.82, 2.24) is 14.5 Å². The zero-order valence-corrected chi connectivity index (χ0v) is 22.0. The highest BCUT2D eigenvalue weighted by molar-refractivity contribution is 7.92. The highest BCUT2D eigenvalue weighted by atomic mass is 35.5. The smallest absolute Gasteiger partial charge is 0.268 e. The summed E-state index contributed by atoms with van der Waals surface area (Å²) in [6.07, 6.45) is 0. The van der Waals surface area contributed by atoms with E-state index < -0.39 is 15.9 Å². The SMILES string of the molecule is Cc1nn(Cc2ccc(-c3ccccc3)cc2Cl)c2cc(C(=O)NS(=O)(=O)c3ccc(Cl)s3)ccc12. The van der Waals surface area contributed by atoms with Crippen LogP contribution in [-0.2, 0) is 16.6 Å². The van der Waals surface area contributed by atoms with Crippen molar-refractivity contribution in [3.8, 4) is 11.1 Å². The second kappa shape index (κ2) is 9.71. The monoisotopic (exact) mass is 555 g/mol. The van der Waals surface area contributed by atoms with Crippen molar-refractivity contribution in [2.24, 2.45) is 0 Å². The number of hydrogen-bond acceptors (Lipinski definition) is 5. The number of aryl methyl sites for hydroxylation is 1. The van der Waals surface area contributed by atoms with Crippen LogP contribution in [0.1, 0.15) is 21.6 Å². The summed E-state index contributed by atoms with van der Waals surface area (Å²) >= 11 is 13.3. The summed E-state index contributed by atoms with van der Waals surface area (Å²) in [4.78, 5) is 12.8. The molecule has 1 amide bonds. The second-order valence-electron chi connectivity index (χ2n) is 8.14. The third-order valence-corrected chi connectivity index (χ3v) is 9.13. The average molecular weight is 556 g/mol. The highest BCUT2D eigenvalue weighted by Crippen LogP contribution is 2.28. The Kier molecular flexibility index (Phi) is 6.61. The van der Waals surface area contributed by atoms with Crippen LogP contribution in [0.2, 0.25) is 9.36 Å². The van der Waals surface area contributed by atoms with Gasteiger partial charge in [0.15, 0.2) is 0 Å². The maximum atomic E-state index is 12.8. The molecule has 0 fully saturated rings. The van der Waals surface area contributed by atoms with Crippen molar-refractivity contribution in [2.75, 3.05) is 0 Å². The Bertz CT molecular complexity index is 1710.